The molecule has 6 heteroatoms. The standard InChI is InChI=1S/C18H25N3O2.ClH/c1-13-5-3-6-16(14(13)2)21-12-15(11-17(21)22)18(23)20-9-4-7-19-8-10-20;/h3,5-6,15,19H,4,7-12H2,1-2H3;1H. The molecule has 1 aromatic carbocycles. The summed E-state index contributed by atoms with van der Waals surface area (Å²) in [6, 6.07) is 6.00. The number of anilines is 1. The first kappa shape index (κ1) is 18.7. The molecular formula is C18H26ClN3O2. The lowest BCUT2D eigenvalue weighted by molar-refractivity contribution is -0.135. The van der Waals surface area contributed by atoms with Gasteiger partial charge >= 0.3 is 0 Å². The van der Waals surface area contributed by atoms with Crippen LogP contribution in [0.5, 0.6) is 0 Å². The Kier molecular flexibility index (Phi) is 6.24. The summed E-state index contributed by atoms with van der Waals surface area (Å²) in [5.74, 6) is -0.0136. The van der Waals surface area contributed by atoms with E-state index in [9.17, 15) is 9.59 Å². The van der Waals surface area contributed by atoms with Crippen LogP contribution in [0.3, 0.4) is 0 Å². The zero-order chi connectivity index (χ0) is 16.4. The van der Waals surface area contributed by atoms with Crippen LogP contribution in [0, 0.1) is 19.8 Å². The second-order valence-corrected chi connectivity index (χ2v) is 6.55. The Morgan fingerprint density at radius 1 is 1.21 bits per heavy atom. The number of rotatable bonds is 2. The summed E-state index contributed by atoms with van der Waals surface area (Å²) in [5.41, 5.74) is 3.24. The Labute approximate surface area is 149 Å². The van der Waals surface area contributed by atoms with Gasteiger partial charge in [0.2, 0.25) is 11.8 Å². The van der Waals surface area contributed by atoms with Gasteiger partial charge in [-0.3, -0.25) is 9.59 Å². The van der Waals surface area contributed by atoms with Gasteiger partial charge in [-0.25, -0.2) is 0 Å². The predicted octanol–water partition coefficient (Wildman–Crippen LogP) is 1.90. The van der Waals surface area contributed by atoms with Crippen molar-refractivity contribution in [2.75, 3.05) is 37.6 Å². The number of nitrogens with one attached hydrogen (secondary N) is 1. The van der Waals surface area contributed by atoms with Crippen molar-refractivity contribution in [1.82, 2.24) is 10.2 Å². The fourth-order valence-corrected chi connectivity index (χ4v) is 3.46. The maximum atomic E-state index is 12.7. The Hall–Kier alpha value is -1.59. The smallest absolute Gasteiger partial charge is 0.228 e. The van der Waals surface area contributed by atoms with Gasteiger partial charge in [0.25, 0.3) is 0 Å². The lowest BCUT2D eigenvalue weighted by Crippen LogP contribution is -2.39. The molecule has 0 spiro atoms. The molecule has 24 heavy (non-hydrogen) atoms. The van der Waals surface area contributed by atoms with Crippen molar-refractivity contribution in [3.8, 4) is 0 Å². The summed E-state index contributed by atoms with van der Waals surface area (Å²) in [6.07, 6.45) is 1.31. The van der Waals surface area contributed by atoms with Gasteiger partial charge in [-0.2, -0.15) is 0 Å². The Balaban J connectivity index is 0.00000208. The summed E-state index contributed by atoms with van der Waals surface area (Å²) in [7, 11) is 0. The number of hydrogen-bond donors (Lipinski definition) is 1. The highest BCUT2D eigenvalue weighted by molar-refractivity contribution is 6.00. The van der Waals surface area contributed by atoms with Gasteiger partial charge in [-0.15, -0.1) is 12.4 Å². The van der Waals surface area contributed by atoms with Crippen molar-refractivity contribution in [2.24, 2.45) is 5.92 Å². The van der Waals surface area contributed by atoms with E-state index in [0.29, 0.717) is 13.0 Å². The minimum absolute atomic E-state index is 0. The molecule has 2 aliphatic heterocycles. The molecule has 1 unspecified atom stereocenters. The number of hydrogen-bond acceptors (Lipinski definition) is 3. The molecule has 0 radical (unpaired) electrons. The van der Waals surface area contributed by atoms with Crippen molar-refractivity contribution in [1.29, 1.82) is 0 Å². The average molecular weight is 352 g/mol. The largest absolute Gasteiger partial charge is 0.341 e. The third-order valence-corrected chi connectivity index (χ3v) is 4.99. The number of amides is 2. The molecule has 0 bridgehead atoms. The maximum Gasteiger partial charge on any atom is 0.228 e. The molecule has 2 fully saturated rings. The first-order chi connectivity index (χ1) is 11.1. The van der Waals surface area contributed by atoms with Gasteiger partial charge in [-0.1, -0.05) is 12.1 Å². The van der Waals surface area contributed by atoms with Crippen LogP contribution in [0.1, 0.15) is 24.0 Å². The minimum atomic E-state index is -0.208. The van der Waals surface area contributed by atoms with E-state index < -0.39 is 0 Å². The predicted molar refractivity (Wildman–Crippen MR) is 97.7 cm³/mol. The van der Waals surface area contributed by atoms with E-state index in [2.05, 4.69) is 5.32 Å². The number of benzene rings is 1. The van der Waals surface area contributed by atoms with Gasteiger partial charge < -0.3 is 15.1 Å². The molecule has 0 aromatic heterocycles. The maximum absolute atomic E-state index is 12.7. The Morgan fingerprint density at radius 3 is 2.79 bits per heavy atom. The number of carbonyl (C=O) groups excluding carboxylic acids is 2. The van der Waals surface area contributed by atoms with Crippen LogP contribution >= 0.6 is 12.4 Å². The third kappa shape index (κ3) is 3.73. The first-order valence-electron chi connectivity index (χ1n) is 8.44. The van der Waals surface area contributed by atoms with Crippen LogP contribution in [-0.4, -0.2) is 49.4 Å². The topological polar surface area (TPSA) is 52.7 Å². The highest BCUT2D eigenvalue weighted by Crippen LogP contribution is 2.30. The van der Waals surface area contributed by atoms with Crippen molar-refractivity contribution in [3.63, 3.8) is 0 Å². The van der Waals surface area contributed by atoms with Crippen molar-refractivity contribution < 1.29 is 9.59 Å². The highest BCUT2D eigenvalue weighted by atomic mass is 35.5. The molecule has 3 rings (SSSR count). The molecule has 2 saturated heterocycles. The van der Waals surface area contributed by atoms with E-state index in [1.807, 2.05) is 36.9 Å². The normalized spacial score (nSPS) is 21.4. The third-order valence-electron chi connectivity index (χ3n) is 4.99. The monoisotopic (exact) mass is 351 g/mol. The van der Waals surface area contributed by atoms with Gasteiger partial charge in [0, 0.05) is 38.3 Å². The second-order valence-electron chi connectivity index (χ2n) is 6.55. The number of carbonyl (C=O) groups is 2. The van der Waals surface area contributed by atoms with Crippen LogP contribution in [0.4, 0.5) is 5.69 Å². The van der Waals surface area contributed by atoms with Crippen LogP contribution in [0.15, 0.2) is 18.2 Å². The fraction of sp³-hybridized carbons (Fsp3) is 0.556. The van der Waals surface area contributed by atoms with Gasteiger partial charge in [0.1, 0.15) is 0 Å². The summed E-state index contributed by atoms with van der Waals surface area (Å²) in [5, 5.41) is 3.31. The highest BCUT2D eigenvalue weighted by Gasteiger charge is 2.37. The molecule has 1 N–H and O–H groups in total. The van der Waals surface area contributed by atoms with Gasteiger partial charge in [0.15, 0.2) is 0 Å². The van der Waals surface area contributed by atoms with Crippen LogP contribution in [0.2, 0.25) is 0 Å². The van der Waals surface area contributed by atoms with E-state index in [0.717, 1.165) is 43.9 Å². The lowest BCUT2D eigenvalue weighted by atomic mass is 10.1. The quantitative estimate of drug-likeness (QED) is 0.885. The minimum Gasteiger partial charge on any atom is -0.341 e. The van der Waals surface area contributed by atoms with Crippen molar-refractivity contribution >= 4 is 29.9 Å². The molecule has 0 saturated carbocycles. The zero-order valence-electron chi connectivity index (χ0n) is 14.4. The van der Waals surface area contributed by atoms with E-state index >= 15 is 0 Å². The first-order valence-corrected chi connectivity index (χ1v) is 8.44. The molecule has 2 heterocycles. The summed E-state index contributed by atoms with van der Waals surface area (Å²) in [6.45, 7) is 7.92. The van der Waals surface area contributed by atoms with Gasteiger partial charge in [0.05, 0.1) is 5.92 Å². The summed E-state index contributed by atoms with van der Waals surface area (Å²) >= 11 is 0. The van der Waals surface area contributed by atoms with Crippen molar-refractivity contribution in [2.45, 2.75) is 26.7 Å². The number of aryl methyl sites for hydroxylation is 1. The number of halogens is 1. The fourth-order valence-electron chi connectivity index (χ4n) is 3.46. The van der Waals surface area contributed by atoms with E-state index in [1.165, 1.54) is 5.56 Å². The molecule has 5 nitrogen and oxygen atoms in total. The van der Waals surface area contributed by atoms with Gasteiger partial charge in [-0.05, 0) is 44.0 Å². The molecule has 1 aromatic rings. The second kappa shape index (κ2) is 7.99. The molecule has 2 aliphatic rings. The molecular weight excluding hydrogens is 326 g/mol. The molecule has 132 valence electrons. The summed E-state index contributed by atoms with van der Waals surface area (Å²) in [4.78, 5) is 28.9. The van der Waals surface area contributed by atoms with E-state index in [1.54, 1.807) is 4.90 Å². The Morgan fingerprint density at radius 2 is 2.00 bits per heavy atom. The van der Waals surface area contributed by atoms with Crippen LogP contribution in [0.25, 0.3) is 0 Å². The Bertz CT molecular complexity index is 612. The van der Waals surface area contributed by atoms with Crippen LogP contribution in [-0.2, 0) is 9.59 Å². The molecule has 0 aliphatic carbocycles. The molecule has 1 atom stereocenters. The lowest BCUT2D eigenvalue weighted by Gasteiger charge is -2.24. The summed E-state index contributed by atoms with van der Waals surface area (Å²) < 4.78 is 0. The van der Waals surface area contributed by atoms with E-state index in [4.69, 9.17) is 0 Å². The number of nitrogens with zero attached hydrogens (tertiary/aromatic N) is 2. The zero-order valence-corrected chi connectivity index (χ0v) is 15.2. The van der Waals surface area contributed by atoms with Crippen molar-refractivity contribution in [3.05, 3.63) is 29.3 Å². The van der Waals surface area contributed by atoms with Crippen LogP contribution < -0.4 is 10.2 Å². The van der Waals surface area contributed by atoms with E-state index in [-0.39, 0.29) is 30.1 Å². The molecule has 2 amide bonds. The average Bonchev–Trinajstić information content (AvgIpc) is 2.76. The SMILES string of the molecule is Cc1cccc(N2CC(C(=O)N3CCCNCC3)CC2=O)c1C.Cl.